The maximum atomic E-state index is 12.6. The Balaban J connectivity index is 2.02. The lowest BCUT2D eigenvalue weighted by Crippen LogP contribution is -2.27. The molecule has 0 saturated heterocycles. The average molecular weight is 404 g/mol. The molecule has 150 valence electrons. The summed E-state index contributed by atoms with van der Waals surface area (Å²) in [5, 5.41) is 7.57. The normalized spacial score (nSPS) is 13.4. The van der Waals surface area contributed by atoms with Crippen LogP contribution in [0, 0.1) is 5.92 Å². The second kappa shape index (κ2) is 9.48. The summed E-state index contributed by atoms with van der Waals surface area (Å²) in [6, 6.07) is 14.8. The van der Waals surface area contributed by atoms with Crippen LogP contribution in [0.1, 0.15) is 31.7 Å². The first kappa shape index (κ1) is 21.6. The zero-order chi connectivity index (χ0) is 20.7. The molecule has 0 aromatic heterocycles. The number of rotatable bonds is 8. The Morgan fingerprint density at radius 3 is 2.39 bits per heavy atom. The van der Waals surface area contributed by atoms with Crippen molar-refractivity contribution in [3.63, 3.8) is 0 Å². The van der Waals surface area contributed by atoms with Crippen LogP contribution in [-0.2, 0) is 24.3 Å². The van der Waals surface area contributed by atoms with Crippen molar-refractivity contribution < 1.29 is 22.7 Å². The van der Waals surface area contributed by atoms with Gasteiger partial charge in [-0.05, 0) is 29.7 Å². The molecular formula is C20H24N2O5S. The van der Waals surface area contributed by atoms with Crippen molar-refractivity contribution in [3.05, 3.63) is 60.2 Å². The highest BCUT2D eigenvalue weighted by molar-refractivity contribution is 7.89. The van der Waals surface area contributed by atoms with Gasteiger partial charge in [-0.1, -0.05) is 56.7 Å². The summed E-state index contributed by atoms with van der Waals surface area (Å²) >= 11 is 0. The highest BCUT2D eigenvalue weighted by Gasteiger charge is 2.27. The predicted molar refractivity (Wildman–Crippen MR) is 106 cm³/mol. The van der Waals surface area contributed by atoms with Crippen LogP contribution < -0.4 is 10.5 Å². The fourth-order valence-electron chi connectivity index (χ4n) is 2.77. The molecule has 0 bridgehead atoms. The second-order valence-corrected chi connectivity index (χ2v) is 8.06. The highest BCUT2D eigenvalue weighted by Crippen LogP contribution is 2.28. The molecule has 0 radical (unpaired) electrons. The van der Waals surface area contributed by atoms with E-state index in [9.17, 15) is 18.0 Å². The molecule has 0 saturated carbocycles. The lowest BCUT2D eigenvalue weighted by molar-refractivity contribution is -0.150. The molecule has 3 N–H and O–H groups in total. The van der Waals surface area contributed by atoms with Crippen molar-refractivity contribution in [1.82, 2.24) is 0 Å². The molecule has 0 spiro atoms. The van der Waals surface area contributed by atoms with Gasteiger partial charge in [-0.3, -0.25) is 9.59 Å². The number of sulfonamides is 1. The lowest BCUT2D eigenvalue weighted by atomic mass is 9.86. The van der Waals surface area contributed by atoms with Gasteiger partial charge >= 0.3 is 5.97 Å². The van der Waals surface area contributed by atoms with E-state index in [1.54, 1.807) is 0 Å². The summed E-state index contributed by atoms with van der Waals surface area (Å²) in [5.41, 5.74) is 1.08. The van der Waals surface area contributed by atoms with Crippen molar-refractivity contribution in [2.75, 3.05) is 11.9 Å². The third kappa shape index (κ3) is 5.90. The molecule has 2 aromatic rings. The van der Waals surface area contributed by atoms with Crippen molar-refractivity contribution in [3.8, 4) is 0 Å². The minimum Gasteiger partial charge on any atom is -0.455 e. The average Bonchev–Trinajstić information content (AvgIpc) is 2.67. The van der Waals surface area contributed by atoms with Crippen molar-refractivity contribution in [1.29, 1.82) is 0 Å². The van der Waals surface area contributed by atoms with Crippen molar-refractivity contribution in [2.45, 2.75) is 31.1 Å². The Labute approximate surface area is 164 Å². The number of anilines is 1. The van der Waals surface area contributed by atoms with E-state index in [4.69, 9.17) is 9.88 Å². The van der Waals surface area contributed by atoms with Crippen LogP contribution in [0.15, 0.2) is 59.5 Å². The van der Waals surface area contributed by atoms with E-state index in [0.717, 1.165) is 12.0 Å². The topological polar surface area (TPSA) is 116 Å². The first-order valence-electron chi connectivity index (χ1n) is 8.86. The molecular weight excluding hydrogens is 380 g/mol. The van der Waals surface area contributed by atoms with Crippen LogP contribution in [0.5, 0.6) is 0 Å². The van der Waals surface area contributed by atoms with E-state index in [1.165, 1.54) is 24.3 Å². The van der Waals surface area contributed by atoms with E-state index in [2.05, 4.69) is 5.32 Å². The molecule has 0 aliphatic heterocycles. The minimum absolute atomic E-state index is 0.0457. The summed E-state index contributed by atoms with van der Waals surface area (Å²) in [6.07, 6.45) is 0.779. The third-order valence-corrected chi connectivity index (χ3v) is 5.33. The van der Waals surface area contributed by atoms with Crippen LogP contribution in [0.4, 0.5) is 5.69 Å². The zero-order valence-electron chi connectivity index (χ0n) is 15.8. The molecule has 2 atom stereocenters. The Kier molecular flexibility index (Phi) is 7.31. The Morgan fingerprint density at radius 1 is 1.11 bits per heavy atom. The van der Waals surface area contributed by atoms with Gasteiger partial charge in [0, 0.05) is 5.69 Å². The number of benzene rings is 2. The van der Waals surface area contributed by atoms with E-state index in [-0.39, 0.29) is 16.5 Å². The number of esters is 1. The first-order valence-corrected chi connectivity index (χ1v) is 10.4. The number of amides is 1. The van der Waals surface area contributed by atoms with E-state index in [0.29, 0.717) is 0 Å². The third-order valence-electron chi connectivity index (χ3n) is 4.42. The monoisotopic (exact) mass is 404 g/mol. The number of ether oxygens (including phenoxy) is 1. The molecule has 2 rings (SSSR count). The molecule has 28 heavy (non-hydrogen) atoms. The summed E-state index contributed by atoms with van der Waals surface area (Å²) in [4.78, 5) is 24.6. The highest BCUT2D eigenvalue weighted by atomic mass is 32.2. The largest absolute Gasteiger partial charge is 0.455 e. The Morgan fingerprint density at radius 2 is 1.79 bits per heavy atom. The molecule has 8 heteroatoms. The van der Waals surface area contributed by atoms with Gasteiger partial charge in [-0.25, -0.2) is 13.6 Å². The van der Waals surface area contributed by atoms with Crippen LogP contribution >= 0.6 is 0 Å². The van der Waals surface area contributed by atoms with E-state index in [1.807, 2.05) is 44.2 Å². The first-order chi connectivity index (χ1) is 13.2. The molecule has 0 aliphatic carbocycles. The molecule has 7 nitrogen and oxygen atoms in total. The summed E-state index contributed by atoms with van der Waals surface area (Å²) < 4.78 is 28.0. The smallest absolute Gasteiger partial charge is 0.314 e. The van der Waals surface area contributed by atoms with Crippen LogP contribution in [0.25, 0.3) is 0 Å². The predicted octanol–water partition coefficient (Wildman–Crippen LogP) is 2.65. The molecule has 0 heterocycles. The van der Waals surface area contributed by atoms with Crippen LogP contribution in [-0.4, -0.2) is 26.9 Å². The lowest BCUT2D eigenvalue weighted by Gasteiger charge is -2.21. The number of primary sulfonamides is 1. The SMILES string of the molecule is CC[C@@H](C)[C@H](C(=O)OCC(=O)Nc1cccc(S(N)(=O)=O)c1)c1ccccc1. The zero-order valence-corrected chi connectivity index (χ0v) is 16.6. The van der Waals surface area contributed by atoms with Gasteiger partial charge < -0.3 is 10.1 Å². The number of hydrogen-bond donors (Lipinski definition) is 2. The number of nitrogens with one attached hydrogen (secondary N) is 1. The second-order valence-electron chi connectivity index (χ2n) is 6.50. The maximum Gasteiger partial charge on any atom is 0.314 e. The maximum absolute atomic E-state index is 12.6. The number of nitrogens with two attached hydrogens (primary N) is 1. The molecule has 1 amide bonds. The standard InChI is InChI=1S/C20H24N2O5S/c1-3-14(2)19(15-8-5-4-6-9-15)20(24)27-13-18(23)22-16-10-7-11-17(12-16)28(21,25)26/h4-12,14,19H,3,13H2,1-2H3,(H,22,23)(H2,21,25,26)/t14-,19+/m1/s1. The van der Waals surface area contributed by atoms with Crippen LogP contribution in [0.3, 0.4) is 0 Å². The van der Waals surface area contributed by atoms with Gasteiger partial charge in [-0.2, -0.15) is 0 Å². The number of carbonyl (C=O) groups excluding carboxylic acids is 2. The summed E-state index contributed by atoms with van der Waals surface area (Å²) in [7, 11) is -3.88. The van der Waals surface area contributed by atoms with Crippen molar-refractivity contribution in [2.24, 2.45) is 11.1 Å². The number of hydrogen-bond acceptors (Lipinski definition) is 5. The van der Waals surface area contributed by atoms with E-state index >= 15 is 0 Å². The van der Waals surface area contributed by atoms with E-state index < -0.39 is 34.4 Å². The summed E-state index contributed by atoms with van der Waals surface area (Å²) in [5.74, 6) is -1.47. The Hall–Kier alpha value is -2.71. The minimum atomic E-state index is -3.88. The fourth-order valence-corrected chi connectivity index (χ4v) is 3.33. The molecule has 0 unspecified atom stereocenters. The van der Waals surface area contributed by atoms with Gasteiger partial charge in [-0.15, -0.1) is 0 Å². The Bertz CT molecular complexity index is 929. The quantitative estimate of drug-likeness (QED) is 0.656. The van der Waals surface area contributed by atoms with Gasteiger partial charge in [0.05, 0.1) is 10.8 Å². The van der Waals surface area contributed by atoms with Gasteiger partial charge in [0.15, 0.2) is 6.61 Å². The fraction of sp³-hybridized carbons (Fsp3) is 0.300. The molecule has 0 fully saturated rings. The van der Waals surface area contributed by atoms with Gasteiger partial charge in [0.2, 0.25) is 10.0 Å². The molecule has 0 aliphatic rings. The van der Waals surface area contributed by atoms with Crippen LogP contribution in [0.2, 0.25) is 0 Å². The van der Waals surface area contributed by atoms with Gasteiger partial charge in [0.1, 0.15) is 0 Å². The van der Waals surface area contributed by atoms with Gasteiger partial charge in [0.25, 0.3) is 5.91 Å². The molecule has 2 aromatic carbocycles. The summed E-state index contributed by atoms with van der Waals surface area (Å²) in [6.45, 7) is 3.47. The van der Waals surface area contributed by atoms with Crippen molar-refractivity contribution >= 4 is 27.6 Å². The number of carbonyl (C=O) groups is 2.